The average molecular weight is 834 g/mol. The summed E-state index contributed by atoms with van der Waals surface area (Å²) >= 11 is 0. The molecule has 17 nitrogen and oxygen atoms in total. The minimum Gasteiger partial charge on any atom is -0.493 e. The van der Waals surface area contributed by atoms with E-state index in [0.29, 0.717) is 48.8 Å². The molecule has 3 aliphatic rings. The van der Waals surface area contributed by atoms with Crippen LogP contribution in [0.25, 0.3) is 0 Å². The van der Waals surface area contributed by atoms with Crippen molar-refractivity contribution in [2.24, 2.45) is 0 Å². The number of methoxy groups -OCH3 is 1. The van der Waals surface area contributed by atoms with Gasteiger partial charge in [0.25, 0.3) is 23.6 Å². The van der Waals surface area contributed by atoms with Crippen molar-refractivity contribution in [1.29, 1.82) is 0 Å². The molecule has 0 saturated carbocycles. The van der Waals surface area contributed by atoms with Gasteiger partial charge in [-0.25, -0.2) is 8.42 Å². The van der Waals surface area contributed by atoms with E-state index >= 15 is 0 Å². The fraction of sp³-hybridized carbons (Fsp3) is 0.415. The number of anilines is 2. The fourth-order valence-electron chi connectivity index (χ4n) is 7.31. The molecule has 314 valence electrons. The largest absolute Gasteiger partial charge is 0.493 e. The van der Waals surface area contributed by atoms with Crippen molar-refractivity contribution in [1.82, 2.24) is 15.1 Å². The van der Waals surface area contributed by atoms with Gasteiger partial charge in [0.1, 0.15) is 22.0 Å². The molecule has 0 aliphatic carbocycles. The van der Waals surface area contributed by atoms with Gasteiger partial charge in [0, 0.05) is 49.2 Å². The zero-order valence-electron chi connectivity index (χ0n) is 33.2. The predicted octanol–water partition coefficient (Wildman–Crippen LogP) is 3.10. The molecule has 3 aromatic carbocycles. The summed E-state index contributed by atoms with van der Waals surface area (Å²) in [5.41, 5.74) is 2.46. The van der Waals surface area contributed by atoms with E-state index in [9.17, 15) is 37.2 Å². The molecule has 59 heavy (non-hydrogen) atoms. The number of nitrogens with one attached hydrogen (secondary N) is 3. The molecule has 0 radical (unpaired) electrons. The summed E-state index contributed by atoms with van der Waals surface area (Å²) < 4.78 is 47.6. The van der Waals surface area contributed by atoms with Gasteiger partial charge in [-0.3, -0.25) is 39.0 Å². The number of hydrogen-bond acceptors (Lipinski definition) is 13. The number of carbonyl (C=O) groups excluding carboxylic acids is 6. The Morgan fingerprint density at radius 1 is 0.932 bits per heavy atom. The Kier molecular flexibility index (Phi) is 13.3. The maximum absolute atomic E-state index is 14.0. The van der Waals surface area contributed by atoms with Crippen molar-refractivity contribution >= 4 is 56.7 Å². The molecule has 2 unspecified atom stereocenters. The molecule has 0 bridgehead atoms. The van der Waals surface area contributed by atoms with E-state index in [2.05, 4.69) is 16.0 Å². The zero-order valence-corrected chi connectivity index (χ0v) is 34.0. The highest BCUT2D eigenvalue weighted by Crippen LogP contribution is 2.39. The Morgan fingerprint density at radius 2 is 1.68 bits per heavy atom. The zero-order chi connectivity index (χ0) is 42.4. The Hall–Kier alpha value is -5.85. The van der Waals surface area contributed by atoms with Crippen LogP contribution < -0.4 is 25.4 Å². The van der Waals surface area contributed by atoms with Crippen LogP contribution in [0, 0.1) is 0 Å². The molecule has 18 heteroatoms. The lowest BCUT2D eigenvalue weighted by Gasteiger charge is -2.29. The van der Waals surface area contributed by atoms with Gasteiger partial charge in [0.05, 0.1) is 55.5 Å². The Bertz CT molecular complexity index is 2260. The van der Waals surface area contributed by atoms with Crippen molar-refractivity contribution < 1.29 is 56.1 Å². The first-order chi connectivity index (χ1) is 28.2. The fourth-order valence-corrected chi connectivity index (χ4v) is 8.23. The molecule has 3 heterocycles. The van der Waals surface area contributed by atoms with Crippen LogP contribution in [0.5, 0.6) is 11.5 Å². The summed E-state index contributed by atoms with van der Waals surface area (Å²) in [6.45, 7) is 5.04. The van der Waals surface area contributed by atoms with Crippen molar-refractivity contribution in [3.63, 3.8) is 0 Å². The standard InChI is InChI=1S/C41H47N5O12S/c1-5-57-34-21-25(13-15-33(34)55-3)32(23-59(4,53)54)46-40(51)27-10-7-12-30(36(27)41(46)52)43-37(48)24(2)58-20-19-56-18-8-17-42-29-11-6-9-26-28(29)22-45(39(26)50)31-14-16-35(47)44-38(31)49/h6-7,9-13,15,21,24,31-32,42H,5,8,14,16-20,22-23H2,1-4H3,(H,43,48)(H,44,47,49)/t24?,31?,32-/m1/s1. The topological polar surface area (TPSA) is 216 Å². The van der Waals surface area contributed by atoms with Crippen LogP contribution in [0.4, 0.5) is 11.4 Å². The van der Waals surface area contributed by atoms with Gasteiger partial charge in [-0.1, -0.05) is 18.2 Å². The van der Waals surface area contributed by atoms with Crippen LogP contribution in [0.2, 0.25) is 0 Å². The molecular weight excluding hydrogens is 787 g/mol. The lowest BCUT2D eigenvalue weighted by atomic mass is 10.0. The lowest BCUT2D eigenvalue weighted by Crippen LogP contribution is -2.52. The summed E-state index contributed by atoms with van der Waals surface area (Å²) in [5.74, 6) is -2.93. The number of imide groups is 2. The molecule has 6 rings (SSSR count). The van der Waals surface area contributed by atoms with Gasteiger partial charge in [0.15, 0.2) is 11.5 Å². The van der Waals surface area contributed by atoms with Gasteiger partial charge in [-0.05, 0) is 68.7 Å². The Labute approximate surface area is 341 Å². The van der Waals surface area contributed by atoms with E-state index < -0.39 is 57.4 Å². The summed E-state index contributed by atoms with van der Waals surface area (Å²) in [6.07, 6.45) is 1.14. The number of rotatable bonds is 19. The monoisotopic (exact) mass is 833 g/mol. The average Bonchev–Trinajstić information content (AvgIpc) is 3.67. The predicted molar refractivity (Wildman–Crippen MR) is 214 cm³/mol. The van der Waals surface area contributed by atoms with E-state index in [1.54, 1.807) is 37.3 Å². The van der Waals surface area contributed by atoms with Crippen molar-refractivity contribution in [2.45, 2.75) is 57.8 Å². The Morgan fingerprint density at radius 3 is 2.39 bits per heavy atom. The van der Waals surface area contributed by atoms with Gasteiger partial charge in [-0.2, -0.15) is 0 Å². The molecule has 3 atom stereocenters. The molecule has 0 aromatic heterocycles. The maximum Gasteiger partial charge on any atom is 0.264 e. The van der Waals surface area contributed by atoms with Gasteiger partial charge >= 0.3 is 0 Å². The number of nitrogens with zero attached hydrogens (tertiary/aromatic N) is 2. The molecular formula is C41H47N5O12S. The van der Waals surface area contributed by atoms with Crippen LogP contribution in [0.15, 0.2) is 54.6 Å². The van der Waals surface area contributed by atoms with Crippen molar-refractivity contribution in [3.8, 4) is 11.5 Å². The van der Waals surface area contributed by atoms with Crippen LogP contribution in [0.3, 0.4) is 0 Å². The number of sulfone groups is 1. The highest BCUT2D eigenvalue weighted by Gasteiger charge is 2.44. The number of ether oxygens (including phenoxy) is 4. The van der Waals surface area contributed by atoms with Gasteiger partial charge < -0.3 is 34.5 Å². The maximum atomic E-state index is 14.0. The highest BCUT2D eigenvalue weighted by molar-refractivity contribution is 7.90. The number of hydrogen-bond donors (Lipinski definition) is 3. The number of amides is 6. The van der Waals surface area contributed by atoms with Crippen molar-refractivity contribution in [2.75, 3.05) is 62.7 Å². The van der Waals surface area contributed by atoms with Crippen LogP contribution in [-0.2, 0) is 40.2 Å². The van der Waals surface area contributed by atoms with E-state index in [1.807, 2.05) is 6.07 Å². The quantitative estimate of drug-likeness (QED) is 0.117. The Balaban J connectivity index is 0.984. The van der Waals surface area contributed by atoms with Gasteiger partial charge in [0.2, 0.25) is 11.8 Å². The number of benzene rings is 3. The molecule has 3 aliphatic heterocycles. The first kappa shape index (κ1) is 42.7. The molecule has 1 fully saturated rings. The molecule has 3 aromatic rings. The first-order valence-corrected chi connectivity index (χ1v) is 21.3. The summed E-state index contributed by atoms with van der Waals surface area (Å²) in [6, 6.07) is 12.6. The first-order valence-electron chi connectivity index (χ1n) is 19.2. The summed E-state index contributed by atoms with van der Waals surface area (Å²) in [5, 5.41) is 8.33. The van der Waals surface area contributed by atoms with Crippen molar-refractivity contribution in [3.05, 3.63) is 82.4 Å². The van der Waals surface area contributed by atoms with E-state index in [0.717, 1.165) is 22.4 Å². The lowest BCUT2D eigenvalue weighted by molar-refractivity contribution is -0.137. The van der Waals surface area contributed by atoms with Crippen LogP contribution in [0.1, 0.15) is 81.4 Å². The normalized spacial score (nSPS) is 17.4. The number of fused-ring (bicyclic) bond motifs is 2. The third-order valence-electron chi connectivity index (χ3n) is 10.2. The minimum atomic E-state index is -3.71. The number of carbonyl (C=O) groups is 6. The SMILES string of the molecule is CCOc1cc([C@@H](CS(C)(=O)=O)N2C(=O)c3cccc(NC(=O)C(C)OCCOCCCNc4cccc5c4CN(C4CCC(=O)NC4=O)C5=O)c3C2=O)ccc1OC. The minimum absolute atomic E-state index is 0.0145. The molecule has 0 spiro atoms. The van der Waals surface area contributed by atoms with E-state index in [-0.39, 0.29) is 61.2 Å². The second-order valence-electron chi connectivity index (χ2n) is 14.3. The molecule has 1 saturated heterocycles. The van der Waals surface area contributed by atoms with Gasteiger partial charge in [-0.15, -0.1) is 0 Å². The smallest absolute Gasteiger partial charge is 0.264 e. The summed E-state index contributed by atoms with van der Waals surface area (Å²) in [7, 11) is -2.26. The van der Waals surface area contributed by atoms with E-state index in [1.165, 1.54) is 37.1 Å². The van der Waals surface area contributed by atoms with Crippen LogP contribution in [-0.4, -0.2) is 118 Å². The molecule has 6 amide bonds. The second-order valence-corrected chi connectivity index (χ2v) is 16.5. The number of piperidine rings is 1. The molecule has 3 N–H and O–H groups in total. The highest BCUT2D eigenvalue weighted by atomic mass is 32.2. The third-order valence-corrected chi connectivity index (χ3v) is 11.1. The summed E-state index contributed by atoms with van der Waals surface area (Å²) in [4.78, 5) is 80.4. The second kappa shape index (κ2) is 18.4. The third kappa shape index (κ3) is 9.56. The van der Waals surface area contributed by atoms with E-state index in [4.69, 9.17) is 18.9 Å². The van der Waals surface area contributed by atoms with Crippen LogP contribution >= 0.6 is 0 Å².